The van der Waals surface area contributed by atoms with Gasteiger partial charge in [-0.05, 0) is 49.1 Å². The first-order chi connectivity index (χ1) is 9.77. The van der Waals surface area contributed by atoms with Crippen molar-refractivity contribution < 1.29 is 9.50 Å². The molecule has 118 valence electrons. The Hall–Kier alpha value is -0.600. The Bertz CT molecular complexity index is 470. The summed E-state index contributed by atoms with van der Waals surface area (Å²) in [7, 11) is 0. The fraction of sp³-hybridized carbons (Fsp3) is 0.667. The Morgan fingerprint density at radius 2 is 1.95 bits per heavy atom. The number of aliphatic hydroxyl groups is 1. The predicted octanol–water partition coefficient (Wildman–Crippen LogP) is 5.38. The summed E-state index contributed by atoms with van der Waals surface area (Å²) in [5, 5.41) is 11.2. The van der Waals surface area contributed by atoms with Crippen LogP contribution in [0.15, 0.2) is 18.2 Å². The quantitative estimate of drug-likeness (QED) is 0.791. The van der Waals surface area contributed by atoms with Crippen molar-refractivity contribution in [1.82, 2.24) is 0 Å². The van der Waals surface area contributed by atoms with Crippen LogP contribution in [0.5, 0.6) is 0 Å². The van der Waals surface area contributed by atoms with E-state index in [2.05, 4.69) is 20.8 Å². The molecule has 21 heavy (non-hydrogen) atoms. The molecular weight excluding hydrogens is 287 g/mol. The molecule has 0 unspecified atom stereocenters. The van der Waals surface area contributed by atoms with Crippen molar-refractivity contribution >= 4 is 11.6 Å². The summed E-state index contributed by atoms with van der Waals surface area (Å²) in [5.74, 6) is 0.325. The summed E-state index contributed by atoms with van der Waals surface area (Å²) in [6.45, 7) is 6.82. The van der Waals surface area contributed by atoms with Gasteiger partial charge in [0.2, 0.25) is 0 Å². The maximum atomic E-state index is 13.9. The average Bonchev–Trinajstić information content (AvgIpc) is 2.44. The van der Waals surface area contributed by atoms with Gasteiger partial charge in [-0.15, -0.1) is 0 Å². The van der Waals surface area contributed by atoms with Crippen LogP contribution in [0.3, 0.4) is 0 Å². The van der Waals surface area contributed by atoms with E-state index in [0.29, 0.717) is 28.3 Å². The molecule has 1 saturated carbocycles. The zero-order valence-corrected chi connectivity index (χ0v) is 14.0. The summed E-state index contributed by atoms with van der Waals surface area (Å²) in [6.07, 6.45) is 4.93. The summed E-state index contributed by atoms with van der Waals surface area (Å²) in [5.41, 5.74) is -0.0433. The lowest BCUT2D eigenvalue weighted by Crippen LogP contribution is -2.40. The second kappa shape index (κ2) is 6.26. The maximum Gasteiger partial charge on any atom is 0.127 e. The lowest BCUT2D eigenvalue weighted by molar-refractivity contribution is -0.0281. The Balaban J connectivity index is 2.06. The van der Waals surface area contributed by atoms with Crippen molar-refractivity contribution in [3.63, 3.8) is 0 Å². The number of hydrogen-bond donors (Lipinski definition) is 1. The molecule has 1 nitrogen and oxygen atoms in total. The van der Waals surface area contributed by atoms with Gasteiger partial charge < -0.3 is 5.11 Å². The summed E-state index contributed by atoms with van der Waals surface area (Å²) in [4.78, 5) is 0. The van der Waals surface area contributed by atoms with Crippen LogP contribution in [0.2, 0.25) is 5.02 Å². The first-order valence-corrected chi connectivity index (χ1v) is 8.30. The van der Waals surface area contributed by atoms with Crippen LogP contribution >= 0.6 is 11.6 Å². The molecule has 3 heteroatoms. The van der Waals surface area contributed by atoms with Crippen molar-refractivity contribution in [3.8, 4) is 0 Å². The van der Waals surface area contributed by atoms with Gasteiger partial charge in [-0.2, -0.15) is 0 Å². The fourth-order valence-corrected chi connectivity index (χ4v) is 3.66. The van der Waals surface area contributed by atoms with E-state index in [9.17, 15) is 9.50 Å². The molecule has 0 amide bonds. The van der Waals surface area contributed by atoms with Gasteiger partial charge in [0.15, 0.2) is 0 Å². The normalized spacial score (nSPS) is 26.9. The molecule has 2 rings (SSSR count). The van der Waals surface area contributed by atoms with E-state index in [1.165, 1.54) is 6.07 Å². The molecule has 0 spiro atoms. The second-order valence-corrected chi connectivity index (χ2v) is 7.62. The summed E-state index contributed by atoms with van der Waals surface area (Å²) in [6, 6.07) is 4.71. The van der Waals surface area contributed by atoms with Crippen molar-refractivity contribution in [2.24, 2.45) is 11.3 Å². The monoisotopic (exact) mass is 312 g/mol. The van der Waals surface area contributed by atoms with Crippen LogP contribution in [-0.2, 0) is 6.42 Å². The van der Waals surface area contributed by atoms with E-state index in [-0.39, 0.29) is 5.82 Å². The first kappa shape index (κ1) is 16.8. The highest BCUT2D eigenvalue weighted by Crippen LogP contribution is 2.44. The van der Waals surface area contributed by atoms with Crippen molar-refractivity contribution in [2.45, 2.75) is 64.9 Å². The van der Waals surface area contributed by atoms with Crippen LogP contribution in [0.1, 0.15) is 58.4 Å². The molecule has 0 bridgehead atoms. The highest BCUT2D eigenvalue weighted by Gasteiger charge is 2.39. The zero-order chi connectivity index (χ0) is 15.7. The van der Waals surface area contributed by atoms with Crippen LogP contribution in [0, 0.1) is 17.2 Å². The van der Waals surface area contributed by atoms with Crippen molar-refractivity contribution in [3.05, 3.63) is 34.6 Å². The minimum absolute atomic E-state index is 0.313. The van der Waals surface area contributed by atoms with E-state index in [0.717, 1.165) is 32.1 Å². The van der Waals surface area contributed by atoms with Crippen molar-refractivity contribution in [1.29, 1.82) is 0 Å². The van der Waals surface area contributed by atoms with E-state index in [4.69, 9.17) is 11.6 Å². The number of rotatable bonds is 4. The summed E-state index contributed by atoms with van der Waals surface area (Å²) < 4.78 is 13.9. The Kier molecular flexibility index (Phi) is 4.99. The van der Waals surface area contributed by atoms with Gasteiger partial charge >= 0.3 is 0 Å². The van der Waals surface area contributed by atoms with Crippen LogP contribution in [0.25, 0.3) is 0 Å². The standard InChI is InChI=1S/C18H26ClFO/c1-4-17(2,3)13-8-10-18(21,11-9-13)12-14-15(19)6-5-7-16(14)20/h5-7,13,21H,4,8-12H2,1-3H3. The van der Waals surface area contributed by atoms with Crippen LogP contribution < -0.4 is 0 Å². The summed E-state index contributed by atoms with van der Waals surface area (Å²) >= 11 is 6.08. The van der Waals surface area contributed by atoms with Gasteiger partial charge in [0.1, 0.15) is 5.82 Å². The van der Waals surface area contributed by atoms with Gasteiger partial charge in [-0.1, -0.05) is 44.9 Å². The smallest absolute Gasteiger partial charge is 0.127 e. The topological polar surface area (TPSA) is 20.2 Å². The molecule has 1 aliphatic rings. The third kappa shape index (κ3) is 3.78. The average molecular weight is 313 g/mol. The molecule has 0 atom stereocenters. The molecule has 0 aliphatic heterocycles. The molecule has 0 saturated heterocycles. The molecule has 0 aromatic heterocycles. The molecule has 1 aromatic carbocycles. The SMILES string of the molecule is CCC(C)(C)C1CCC(O)(Cc2c(F)cccc2Cl)CC1. The predicted molar refractivity (Wildman–Crippen MR) is 86.1 cm³/mol. The van der Waals surface area contributed by atoms with E-state index in [1.807, 2.05) is 0 Å². The van der Waals surface area contributed by atoms with Gasteiger partial charge in [0.05, 0.1) is 5.60 Å². The van der Waals surface area contributed by atoms with Gasteiger partial charge in [0.25, 0.3) is 0 Å². The Labute approximate surface area is 132 Å². The van der Waals surface area contributed by atoms with E-state index >= 15 is 0 Å². The van der Waals surface area contributed by atoms with Crippen LogP contribution in [0.4, 0.5) is 4.39 Å². The van der Waals surface area contributed by atoms with Crippen molar-refractivity contribution in [2.75, 3.05) is 0 Å². The molecule has 1 aromatic rings. The Morgan fingerprint density at radius 1 is 1.33 bits per heavy atom. The first-order valence-electron chi connectivity index (χ1n) is 7.93. The lowest BCUT2D eigenvalue weighted by atomic mass is 9.65. The molecule has 1 N–H and O–H groups in total. The highest BCUT2D eigenvalue weighted by atomic mass is 35.5. The van der Waals surface area contributed by atoms with Crippen LogP contribution in [-0.4, -0.2) is 10.7 Å². The number of hydrogen-bond acceptors (Lipinski definition) is 1. The lowest BCUT2D eigenvalue weighted by Gasteiger charge is -2.42. The maximum absolute atomic E-state index is 13.9. The molecule has 0 radical (unpaired) electrons. The molecule has 0 heterocycles. The van der Waals surface area contributed by atoms with Gasteiger partial charge in [-0.3, -0.25) is 0 Å². The highest BCUT2D eigenvalue weighted by molar-refractivity contribution is 6.31. The fourth-order valence-electron chi connectivity index (χ4n) is 3.43. The Morgan fingerprint density at radius 3 is 2.48 bits per heavy atom. The zero-order valence-electron chi connectivity index (χ0n) is 13.3. The second-order valence-electron chi connectivity index (χ2n) is 7.22. The number of benzene rings is 1. The molecule has 1 fully saturated rings. The number of halogens is 2. The van der Waals surface area contributed by atoms with E-state index < -0.39 is 5.60 Å². The van der Waals surface area contributed by atoms with Gasteiger partial charge in [0, 0.05) is 17.0 Å². The minimum atomic E-state index is -0.813. The third-order valence-corrected chi connectivity index (χ3v) is 5.85. The van der Waals surface area contributed by atoms with Gasteiger partial charge in [-0.25, -0.2) is 4.39 Å². The molecular formula is C18H26ClFO. The largest absolute Gasteiger partial charge is 0.390 e. The molecule has 1 aliphatic carbocycles. The minimum Gasteiger partial charge on any atom is -0.390 e. The third-order valence-electron chi connectivity index (χ3n) is 5.50. The van der Waals surface area contributed by atoms with E-state index in [1.54, 1.807) is 12.1 Å².